The minimum atomic E-state index is -0.321. The fourth-order valence-corrected chi connectivity index (χ4v) is 2.73. The normalized spacial score (nSPS) is 10.4. The average molecular weight is 394 g/mol. The van der Waals surface area contributed by atoms with Crippen LogP contribution < -0.4 is 21.1 Å². The summed E-state index contributed by atoms with van der Waals surface area (Å²) in [5.74, 6) is 0.486. The van der Waals surface area contributed by atoms with Crippen molar-refractivity contribution in [2.24, 2.45) is 12.8 Å². The van der Waals surface area contributed by atoms with Crippen molar-refractivity contribution in [1.29, 1.82) is 0 Å². The molecule has 0 atom stereocenters. The van der Waals surface area contributed by atoms with Gasteiger partial charge in [0.15, 0.2) is 0 Å². The van der Waals surface area contributed by atoms with Gasteiger partial charge in [0, 0.05) is 44.2 Å². The molecule has 2 aromatic heterocycles. The second-order valence-electron chi connectivity index (χ2n) is 6.26. The number of carbonyl (C=O) groups is 2. The Kier molecular flexibility index (Phi) is 6.20. The van der Waals surface area contributed by atoms with E-state index in [2.05, 4.69) is 20.7 Å². The molecular formula is C20H22N6O3. The number of nitrogens with zero attached hydrogens (tertiary/aromatic N) is 3. The number of aromatic nitrogens is 3. The van der Waals surface area contributed by atoms with Gasteiger partial charge in [-0.2, -0.15) is 5.10 Å². The third kappa shape index (κ3) is 4.96. The van der Waals surface area contributed by atoms with Crippen LogP contribution in [0.25, 0.3) is 11.3 Å². The second kappa shape index (κ2) is 8.98. The fraction of sp³-hybridized carbons (Fsp3) is 0.200. The molecule has 0 bridgehead atoms. The molecule has 3 rings (SSSR count). The number of hydrogen-bond acceptors (Lipinski definition) is 6. The van der Waals surface area contributed by atoms with E-state index in [9.17, 15) is 9.59 Å². The number of aryl methyl sites for hydroxylation is 1. The van der Waals surface area contributed by atoms with Gasteiger partial charge in [0.2, 0.25) is 5.91 Å². The Morgan fingerprint density at radius 2 is 2.00 bits per heavy atom. The van der Waals surface area contributed by atoms with Crippen LogP contribution >= 0.6 is 0 Å². The smallest absolute Gasteiger partial charge is 0.257 e. The first-order chi connectivity index (χ1) is 14.0. The molecule has 0 saturated carbocycles. The molecule has 150 valence electrons. The van der Waals surface area contributed by atoms with Gasteiger partial charge < -0.3 is 21.1 Å². The number of hydrogen-bond donors (Lipinski definition) is 3. The zero-order valence-corrected chi connectivity index (χ0v) is 16.2. The Bertz CT molecular complexity index is 1010. The Balaban J connectivity index is 1.82. The Morgan fingerprint density at radius 1 is 1.17 bits per heavy atom. The molecule has 0 aliphatic carbocycles. The number of rotatable bonds is 7. The van der Waals surface area contributed by atoms with Crippen molar-refractivity contribution in [3.8, 4) is 17.0 Å². The molecule has 2 amide bonds. The Hall–Kier alpha value is -3.72. The number of anilines is 2. The first-order valence-corrected chi connectivity index (χ1v) is 8.98. The molecule has 0 aliphatic heterocycles. The number of pyridine rings is 1. The maximum absolute atomic E-state index is 12.6. The van der Waals surface area contributed by atoms with Crippen LogP contribution in [0, 0.1) is 0 Å². The summed E-state index contributed by atoms with van der Waals surface area (Å²) in [6, 6.07) is 10.4. The lowest BCUT2D eigenvalue weighted by Crippen LogP contribution is -2.14. The predicted octanol–water partition coefficient (Wildman–Crippen LogP) is 2.03. The van der Waals surface area contributed by atoms with Crippen LogP contribution in [0.1, 0.15) is 17.3 Å². The molecule has 0 unspecified atom stereocenters. The van der Waals surface area contributed by atoms with Crippen LogP contribution in [0.4, 0.5) is 11.5 Å². The largest absolute Gasteiger partial charge is 0.492 e. The number of amides is 2. The molecule has 29 heavy (non-hydrogen) atoms. The maximum atomic E-state index is 12.6. The summed E-state index contributed by atoms with van der Waals surface area (Å²) in [6.07, 6.45) is 3.09. The summed E-state index contributed by atoms with van der Waals surface area (Å²) in [6.45, 7) is 2.16. The number of carbonyl (C=O) groups excluding carboxylic acids is 2. The highest BCUT2D eigenvalue weighted by atomic mass is 16.5. The number of nitrogens with two attached hydrogens (primary N) is 1. The summed E-state index contributed by atoms with van der Waals surface area (Å²) < 4.78 is 7.45. The van der Waals surface area contributed by atoms with Gasteiger partial charge in [-0.3, -0.25) is 14.3 Å². The van der Waals surface area contributed by atoms with Crippen molar-refractivity contribution in [2.45, 2.75) is 6.92 Å². The van der Waals surface area contributed by atoms with Crippen molar-refractivity contribution in [3.05, 3.63) is 54.4 Å². The van der Waals surface area contributed by atoms with Crippen molar-refractivity contribution in [3.63, 3.8) is 0 Å². The number of nitrogens with one attached hydrogen (secondary N) is 2. The quantitative estimate of drug-likeness (QED) is 0.563. The first kappa shape index (κ1) is 20.0. The van der Waals surface area contributed by atoms with Crippen molar-refractivity contribution in [2.75, 3.05) is 23.8 Å². The van der Waals surface area contributed by atoms with Gasteiger partial charge in [0.05, 0.1) is 11.3 Å². The van der Waals surface area contributed by atoms with E-state index in [1.54, 1.807) is 35.1 Å². The molecule has 0 aliphatic rings. The van der Waals surface area contributed by atoms with Gasteiger partial charge in [-0.25, -0.2) is 4.98 Å². The Labute approximate surface area is 167 Å². The van der Waals surface area contributed by atoms with Gasteiger partial charge in [-0.1, -0.05) is 0 Å². The van der Waals surface area contributed by atoms with Crippen LogP contribution in [0.5, 0.6) is 5.75 Å². The molecule has 0 saturated heterocycles. The summed E-state index contributed by atoms with van der Waals surface area (Å²) in [5.41, 5.74) is 8.13. The molecule has 0 fully saturated rings. The summed E-state index contributed by atoms with van der Waals surface area (Å²) in [5, 5.41) is 9.60. The minimum absolute atomic E-state index is 0.227. The molecule has 9 heteroatoms. The number of benzene rings is 1. The highest BCUT2D eigenvalue weighted by Crippen LogP contribution is 2.32. The molecule has 4 N–H and O–H groups in total. The number of ether oxygens (including phenoxy) is 1. The maximum Gasteiger partial charge on any atom is 0.257 e. The highest BCUT2D eigenvalue weighted by molar-refractivity contribution is 6.04. The zero-order valence-electron chi connectivity index (χ0n) is 16.2. The lowest BCUT2D eigenvalue weighted by molar-refractivity contribution is -0.114. The summed E-state index contributed by atoms with van der Waals surface area (Å²) in [4.78, 5) is 27.7. The van der Waals surface area contributed by atoms with E-state index in [0.29, 0.717) is 36.0 Å². The Morgan fingerprint density at radius 3 is 2.62 bits per heavy atom. The van der Waals surface area contributed by atoms with Crippen molar-refractivity contribution >= 4 is 23.3 Å². The van der Waals surface area contributed by atoms with Gasteiger partial charge in [0.25, 0.3) is 5.91 Å². The van der Waals surface area contributed by atoms with E-state index >= 15 is 0 Å². The van der Waals surface area contributed by atoms with Crippen LogP contribution in [0.3, 0.4) is 0 Å². The monoisotopic (exact) mass is 394 g/mol. The SMILES string of the molecule is CC(=O)Nc1ccc(C(=O)Nc2ccc(OCCN)c(-c3ccnn3C)c2)cn1. The molecule has 2 heterocycles. The van der Waals surface area contributed by atoms with E-state index in [1.807, 2.05) is 19.2 Å². The molecule has 3 aromatic rings. The summed E-state index contributed by atoms with van der Waals surface area (Å²) >= 11 is 0. The third-order valence-electron chi connectivity index (χ3n) is 4.04. The molecule has 9 nitrogen and oxygen atoms in total. The van der Waals surface area contributed by atoms with Crippen LogP contribution in [0.15, 0.2) is 48.8 Å². The average Bonchev–Trinajstić information content (AvgIpc) is 3.12. The van der Waals surface area contributed by atoms with E-state index in [0.717, 1.165) is 11.3 Å². The zero-order chi connectivity index (χ0) is 20.8. The molecule has 0 radical (unpaired) electrons. The molecular weight excluding hydrogens is 372 g/mol. The van der Waals surface area contributed by atoms with Gasteiger partial charge in [-0.05, 0) is 36.4 Å². The lowest BCUT2D eigenvalue weighted by atomic mass is 10.1. The van der Waals surface area contributed by atoms with Crippen LogP contribution in [0.2, 0.25) is 0 Å². The molecule has 1 aromatic carbocycles. The van der Waals surface area contributed by atoms with E-state index in [4.69, 9.17) is 10.5 Å². The topological polar surface area (TPSA) is 124 Å². The minimum Gasteiger partial charge on any atom is -0.492 e. The van der Waals surface area contributed by atoms with Crippen molar-refractivity contribution in [1.82, 2.24) is 14.8 Å². The van der Waals surface area contributed by atoms with E-state index in [1.165, 1.54) is 13.1 Å². The fourth-order valence-electron chi connectivity index (χ4n) is 2.73. The van der Waals surface area contributed by atoms with Gasteiger partial charge in [-0.15, -0.1) is 0 Å². The standard InChI is InChI=1S/C20H22N6O3/c1-13(27)24-19-6-3-14(12-22-19)20(28)25-15-4-5-18(29-10-8-21)16(11-15)17-7-9-23-26(17)2/h3-7,9,11-12H,8,10,21H2,1-2H3,(H,25,28)(H,22,24,27). The predicted molar refractivity (Wildman–Crippen MR) is 110 cm³/mol. The van der Waals surface area contributed by atoms with Gasteiger partial charge in [0.1, 0.15) is 18.2 Å². The van der Waals surface area contributed by atoms with Gasteiger partial charge >= 0.3 is 0 Å². The lowest BCUT2D eigenvalue weighted by Gasteiger charge is -2.14. The highest BCUT2D eigenvalue weighted by Gasteiger charge is 2.13. The van der Waals surface area contributed by atoms with Crippen LogP contribution in [-0.2, 0) is 11.8 Å². The van der Waals surface area contributed by atoms with E-state index < -0.39 is 0 Å². The first-order valence-electron chi connectivity index (χ1n) is 8.98. The summed E-state index contributed by atoms with van der Waals surface area (Å²) in [7, 11) is 1.83. The second-order valence-corrected chi connectivity index (χ2v) is 6.26. The third-order valence-corrected chi connectivity index (χ3v) is 4.04. The van der Waals surface area contributed by atoms with E-state index in [-0.39, 0.29) is 11.8 Å². The van der Waals surface area contributed by atoms with Crippen molar-refractivity contribution < 1.29 is 14.3 Å². The molecule has 0 spiro atoms. The van der Waals surface area contributed by atoms with Crippen LogP contribution in [-0.4, -0.2) is 39.7 Å².